The Hall–Kier alpha value is -1.17. The van der Waals surface area contributed by atoms with E-state index in [2.05, 4.69) is 38.1 Å². The van der Waals surface area contributed by atoms with Gasteiger partial charge in [-0.3, -0.25) is 0 Å². The topological polar surface area (TPSA) is 21.3 Å². The first-order valence-corrected chi connectivity index (χ1v) is 7.67. The summed E-state index contributed by atoms with van der Waals surface area (Å²) >= 11 is 3.16. The van der Waals surface area contributed by atoms with Gasteiger partial charge >= 0.3 is 6.36 Å². The SMILES string of the molecule is FC(F)(F)Oc1cc(Br)ccc1NCC1CC2C=CC1C2. The van der Waals surface area contributed by atoms with Crippen LogP contribution in [0.2, 0.25) is 0 Å². The number of nitrogens with one attached hydrogen (secondary N) is 1. The summed E-state index contributed by atoms with van der Waals surface area (Å²) in [4.78, 5) is 0. The van der Waals surface area contributed by atoms with E-state index in [0.29, 0.717) is 34.5 Å². The van der Waals surface area contributed by atoms with E-state index >= 15 is 0 Å². The average molecular weight is 362 g/mol. The van der Waals surface area contributed by atoms with Crippen molar-refractivity contribution in [3.8, 4) is 5.75 Å². The second-order valence-corrected chi connectivity index (χ2v) is 6.53. The molecule has 1 aromatic carbocycles. The molecule has 114 valence electrons. The molecule has 1 N–H and O–H groups in total. The Morgan fingerprint density at radius 1 is 1.24 bits per heavy atom. The molecule has 3 unspecified atom stereocenters. The first-order chi connectivity index (χ1) is 9.90. The summed E-state index contributed by atoms with van der Waals surface area (Å²) < 4.78 is 42.0. The maximum absolute atomic E-state index is 12.4. The summed E-state index contributed by atoms with van der Waals surface area (Å²) in [6.45, 7) is 0.668. The minimum Gasteiger partial charge on any atom is -0.404 e. The van der Waals surface area contributed by atoms with E-state index in [1.807, 2.05) is 0 Å². The van der Waals surface area contributed by atoms with Crippen LogP contribution in [0, 0.1) is 17.8 Å². The molecule has 6 heteroatoms. The van der Waals surface area contributed by atoms with Crippen LogP contribution in [0.3, 0.4) is 0 Å². The number of hydrogen-bond acceptors (Lipinski definition) is 2. The molecule has 21 heavy (non-hydrogen) atoms. The molecule has 1 saturated carbocycles. The van der Waals surface area contributed by atoms with Gasteiger partial charge in [-0.25, -0.2) is 0 Å². The maximum atomic E-state index is 12.4. The average Bonchev–Trinajstić information content (AvgIpc) is 2.98. The predicted molar refractivity (Wildman–Crippen MR) is 78.2 cm³/mol. The molecule has 2 bridgehead atoms. The third-order valence-electron chi connectivity index (χ3n) is 4.14. The fraction of sp³-hybridized carbons (Fsp3) is 0.467. The number of fused-ring (bicyclic) bond motifs is 2. The molecular formula is C15H15BrF3NO. The van der Waals surface area contributed by atoms with E-state index < -0.39 is 6.36 Å². The lowest BCUT2D eigenvalue weighted by molar-refractivity contribution is -0.274. The van der Waals surface area contributed by atoms with E-state index in [-0.39, 0.29) is 5.75 Å². The van der Waals surface area contributed by atoms with Crippen LogP contribution in [0.25, 0.3) is 0 Å². The fourth-order valence-electron chi connectivity index (χ4n) is 3.22. The summed E-state index contributed by atoms with van der Waals surface area (Å²) in [6, 6.07) is 4.64. The van der Waals surface area contributed by atoms with Gasteiger partial charge in [0.15, 0.2) is 5.75 Å². The summed E-state index contributed by atoms with van der Waals surface area (Å²) in [7, 11) is 0. The van der Waals surface area contributed by atoms with Crippen LogP contribution < -0.4 is 10.1 Å². The summed E-state index contributed by atoms with van der Waals surface area (Å²) in [5, 5.41) is 3.11. The van der Waals surface area contributed by atoms with E-state index in [4.69, 9.17) is 0 Å². The van der Waals surface area contributed by atoms with Crippen molar-refractivity contribution in [2.45, 2.75) is 19.2 Å². The number of anilines is 1. The first kappa shape index (κ1) is 14.8. The highest BCUT2D eigenvalue weighted by atomic mass is 79.9. The van der Waals surface area contributed by atoms with Crippen molar-refractivity contribution in [3.63, 3.8) is 0 Å². The summed E-state index contributed by atoms with van der Waals surface area (Å²) in [5.41, 5.74) is 0.377. The number of alkyl halides is 3. The molecule has 0 spiro atoms. The molecule has 3 atom stereocenters. The van der Waals surface area contributed by atoms with Crippen LogP contribution in [0.5, 0.6) is 5.75 Å². The second kappa shape index (κ2) is 5.55. The third-order valence-corrected chi connectivity index (χ3v) is 4.63. The zero-order chi connectivity index (χ0) is 15.0. The zero-order valence-corrected chi connectivity index (χ0v) is 12.7. The van der Waals surface area contributed by atoms with Gasteiger partial charge in [0.2, 0.25) is 0 Å². The van der Waals surface area contributed by atoms with E-state index in [1.165, 1.54) is 12.5 Å². The minimum atomic E-state index is -4.69. The Kier molecular flexibility index (Phi) is 3.90. The Balaban J connectivity index is 1.68. The van der Waals surface area contributed by atoms with Gasteiger partial charge in [0, 0.05) is 11.0 Å². The van der Waals surface area contributed by atoms with Crippen LogP contribution in [0.1, 0.15) is 12.8 Å². The van der Waals surface area contributed by atoms with E-state index in [1.54, 1.807) is 12.1 Å². The van der Waals surface area contributed by atoms with Gasteiger partial charge in [-0.2, -0.15) is 0 Å². The highest BCUT2D eigenvalue weighted by Gasteiger charge is 2.36. The molecule has 0 amide bonds. The molecule has 1 aromatic rings. The summed E-state index contributed by atoms with van der Waals surface area (Å²) in [6.07, 6.45) is 2.08. The Bertz CT molecular complexity index is 558. The molecule has 0 aromatic heterocycles. The quantitative estimate of drug-likeness (QED) is 0.764. The van der Waals surface area contributed by atoms with Crippen molar-refractivity contribution in [2.75, 3.05) is 11.9 Å². The van der Waals surface area contributed by atoms with Gasteiger partial charge < -0.3 is 10.1 Å². The van der Waals surface area contributed by atoms with Crippen molar-refractivity contribution in [1.29, 1.82) is 0 Å². The van der Waals surface area contributed by atoms with Crippen molar-refractivity contribution < 1.29 is 17.9 Å². The van der Waals surface area contributed by atoms with Gasteiger partial charge in [0.25, 0.3) is 0 Å². The van der Waals surface area contributed by atoms with Gasteiger partial charge in [-0.1, -0.05) is 28.1 Å². The van der Waals surface area contributed by atoms with E-state index in [9.17, 15) is 13.2 Å². The van der Waals surface area contributed by atoms with Crippen LogP contribution in [-0.4, -0.2) is 12.9 Å². The highest BCUT2D eigenvalue weighted by molar-refractivity contribution is 9.10. The monoisotopic (exact) mass is 361 g/mol. The molecule has 3 rings (SSSR count). The Morgan fingerprint density at radius 3 is 2.67 bits per heavy atom. The standard InChI is InChI=1S/C15H15BrF3NO/c16-12-3-4-13(14(7-12)21-15(17,18)19)20-8-11-6-9-1-2-10(11)5-9/h1-4,7,9-11,20H,5-6,8H2. The van der Waals surface area contributed by atoms with Crippen LogP contribution in [0.4, 0.5) is 18.9 Å². The van der Waals surface area contributed by atoms with Crippen molar-refractivity contribution in [3.05, 3.63) is 34.8 Å². The summed E-state index contributed by atoms with van der Waals surface area (Å²) in [5.74, 6) is 1.50. The fourth-order valence-corrected chi connectivity index (χ4v) is 3.56. The minimum absolute atomic E-state index is 0.199. The lowest BCUT2D eigenvalue weighted by Gasteiger charge is -2.21. The lowest BCUT2D eigenvalue weighted by atomic mass is 9.93. The number of rotatable bonds is 4. The molecule has 0 radical (unpaired) electrons. The molecule has 2 aliphatic carbocycles. The van der Waals surface area contributed by atoms with Gasteiger partial charge in [-0.15, -0.1) is 13.2 Å². The predicted octanol–water partition coefficient (Wildman–Crippen LogP) is 4.97. The highest BCUT2D eigenvalue weighted by Crippen LogP contribution is 2.43. The third kappa shape index (κ3) is 3.54. The molecule has 0 heterocycles. The number of hydrogen-bond donors (Lipinski definition) is 1. The van der Waals surface area contributed by atoms with Crippen molar-refractivity contribution in [2.24, 2.45) is 17.8 Å². The number of halogens is 4. The van der Waals surface area contributed by atoms with Crippen molar-refractivity contribution >= 4 is 21.6 Å². The Morgan fingerprint density at radius 2 is 2.05 bits per heavy atom. The van der Waals surface area contributed by atoms with Crippen molar-refractivity contribution in [1.82, 2.24) is 0 Å². The molecule has 2 aliphatic rings. The smallest absolute Gasteiger partial charge is 0.404 e. The van der Waals surface area contributed by atoms with Gasteiger partial charge in [0.05, 0.1) is 5.69 Å². The van der Waals surface area contributed by atoms with Gasteiger partial charge in [0.1, 0.15) is 0 Å². The molecule has 1 fully saturated rings. The number of benzene rings is 1. The molecule has 2 nitrogen and oxygen atoms in total. The Labute approximate surface area is 129 Å². The lowest BCUT2D eigenvalue weighted by Crippen LogP contribution is -2.21. The first-order valence-electron chi connectivity index (χ1n) is 6.88. The normalized spacial score (nSPS) is 27.1. The largest absolute Gasteiger partial charge is 0.573 e. The van der Waals surface area contributed by atoms with Crippen LogP contribution in [-0.2, 0) is 0 Å². The van der Waals surface area contributed by atoms with Crippen LogP contribution >= 0.6 is 15.9 Å². The van der Waals surface area contributed by atoms with Crippen LogP contribution in [0.15, 0.2) is 34.8 Å². The molecule has 0 aliphatic heterocycles. The maximum Gasteiger partial charge on any atom is 0.573 e. The molecule has 0 saturated heterocycles. The van der Waals surface area contributed by atoms with E-state index in [0.717, 1.165) is 6.42 Å². The number of allylic oxidation sites excluding steroid dienone is 2. The molecular weight excluding hydrogens is 347 g/mol. The van der Waals surface area contributed by atoms with Gasteiger partial charge in [-0.05, 0) is 48.8 Å². The zero-order valence-electron chi connectivity index (χ0n) is 11.2. The number of ether oxygens (including phenoxy) is 1. The second-order valence-electron chi connectivity index (χ2n) is 5.61.